The Hall–Kier alpha value is -1.31. The van der Waals surface area contributed by atoms with Gasteiger partial charge < -0.3 is 9.72 Å². The van der Waals surface area contributed by atoms with Gasteiger partial charge in [0.05, 0.1) is 17.8 Å². The summed E-state index contributed by atoms with van der Waals surface area (Å²) in [5, 5.41) is -0.173. The number of nitrogens with one attached hydrogen (secondary N) is 2. The smallest absolute Gasteiger partial charge is 0.266 e. The Labute approximate surface area is 110 Å². The summed E-state index contributed by atoms with van der Waals surface area (Å²) in [6.07, 6.45) is 2.88. The van der Waals surface area contributed by atoms with Gasteiger partial charge in [-0.2, -0.15) is 0 Å². The molecule has 18 heavy (non-hydrogen) atoms. The molecule has 1 heterocycles. The fourth-order valence-electron chi connectivity index (χ4n) is 1.12. The van der Waals surface area contributed by atoms with Crippen LogP contribution in [0, 0.1) is 0 Å². The predicted molar refractivity (Wildman–Crippen MR) is 68.0 cm³/mol. The normalized spacial score (nSPS) is 11.2. The van der Waals surface area contributed by atoms with Gasteiger partial charge in [-0.05, 0) is 12.5 Å². The zero-order valence-electron chi connectivity index (χ0n) is 9.48. The van der Waals surface area contributed by atoms with Crippen LogP contribution in [0.3, 0.4) is 0 Å². The highest BCUT2D eigenvalue weighted by atomic mass is 35.5. The zero-order valence-corrected chi connectivity index (χ0v) is 11.1. The molecule has 0 amide bonds. The lowest BCUT2D eigenvalue weighted by Crippen LogP contribution is -2.26. The van der Waals surface area contributed by atoms with Crippen molar-refractivity contribution in [2.45, 2.75) is 11.3 Å². The Morgan fingerprint density at radius 1 is 1.56 bits per heavy atom. The molecular formula is C10H13ClN2O4S. The molecule has 6 nitrogen and oxygen atoms in total. The summed E-state index contributed by atoms with van der Waals surface area (Å²) in [5.74, 6) is 0. The fraction of sp³-hybridized carbons (Fsp3) is 0.300. The molecule has 0 atom stereocenters. The van der Waals surface area contributed by atoms with Crippen molar-refractivity contribution in [2.24, 2.45) is 0 Å². The van der Waals surface area contributed by atoms with Crippen LogP contribution >= 0.6 is 11.6 Å². The van der Waals surface area contributed by atoms with E-state index in [0.29, 0.717) is 13.0 Å². The molecule has 0 unspecified atom stereocenters. The van der Waals surface area contributed by atoms with E-state index in [-0.39, 0.29) is 16.5 Å². The molecule has 0 saturated carbocycles. The highest BCUT2D eigenvalue weighted by Crippen LogP contribution is 2.09. The van der Waals surface area contributed by atoms with Crippen molar-refractivity contribution >= 4 is 21.6 Å². The van der Waals surface area contributed by atoms with Gasteiger partial charge in [0.1, 0.15) is 5.02 Å². The quantitative estimate of drug-likeness (QED) is 0.576. The van der Waals surface area contributed by atoms with Crippen molar-refractivity contribution in [3.05, 3.63) is 40.5 Å². The van der Waals surface area contributed by atoms with Gasteiger partial charge in [-0.3, -0.25) is 4.79 Å². The molecule has 0 aliphatic carbocycles. The molecule has 1 aromatic heterocycles. The SMILES string of the molecule is C=COCCCNS(=O)(=O)c1c[nH]c(=O)c(Cl)c1. The maximum atomic E-state index is 11.8. The van der Waals surface area contributed by atoms with Crippen molar-refractivity contribution in [3.63, 3.8) is 0 Å². The standard InChI is InChI=1S/C10H13ClN2O4S/c1-2-17-5-3-4-13-18(15,16)8-6-9(11)10(14)12-7-8/h2,6-7,13H,1,3-5H2,(H,12,14). The number of sulfonamides is 1. The van der Waals surface area contributed by atoms with Crippen molar-refractivity contribution in [3.8, 4) is 0 Å². The first-order valence-electron chi connectivity index (χ1n) is 5.08. The molecule has 8 heteroatoms. The molecule has 2 N–H and O–H groups in total. The first-order valence-corrected chi connectivity index (χ1v) is 6.94. The second-order valence-corrected chi connectivity index (χ2v) is 5.48. The zero-order chi connectivity index (χ0) is 13.6. The van der Waals surface area contributed by atoms with Crippen LogP contribution < -0.4 is 10.3 Å². The maximum absolute atomic E-state index is 11.8. The van der Waals surface area contributed by atoms with Crippen LogP contribution in [0.25, 0.3) is 0 Å². The summed E-state index contributed by atoms with van der Waals surface area (Å²) in [6, 6.07) is 1.10. The molecular weight excluding hydrogens is 280 g/mol. The van der Waals surface area contributed by atoms with Crippen LogP contribution in [0.5, 0.6) is 0 Å². The first kappa shape index (κ1) is 14.7. The predicted octanol–water partition coefficient (Wildman–Crippen LogP) is 0.857. The topological polar surface area (TPSA) is 88.3 Å². The lowest BCUT2D eigenvalue weighted by molar-refractivity contribution is 0.247. The molecule has 0 radical (unpaired) electrons. The van der Waals surface area contributed by atoms with Gasteiger partial charge in [0.15, 0.2) is 0 Å². The summed E-state index contributed by atoms with van der Waals surface area (Å²) >= 11 is 5.56. The molecule has 0 aliphatic rings. The maximum Gasteiger partial charge on any atom is 0.266 e. The number of halogens is 1. The van der Waals surface area contributed by atoms with Crippen LogP contribution in [0.1, 0.15) is 6.42 Å². The molecule has 1 aromatic rings. The molecule has 0 fully saturated rings. The number of ether oxygens (including phenoxy) is 1. The molecule has 0 saturated heterocycles. The van der Waals surface area contributed by atoms with Crippen molar-refractivity contribution < 1.29 is 13.2 Å². The highest BCUT2D eigenvalue weighted by Gasteiger charge is 2.14. The van der Waals surface area contributed by atoms with Gasteiger partial charge in [-0.1, -0.05) is 18.2 Å². The fourth-order valence-corrected chi connectivity index (χ4v) is 2.43. The number of pyridine rings is 1. The van der Waals surface area contributed by atoms with E-state index in [1.165, 1.54) is 6.26 Å². The van der Waals surface area contributed by atoms with Crippen molar-refractivity contribution in [1.82, 2.24) is 9.71 Å². The Kier molecular flexibility index (Phi) is 5.39. The number of H-pyrrole nitrogens is 1. The monoisotopic (exact) mass is 292 g/mol. The lowest BCUT2D eigenvalue weighted by Gasteiger charge is -2.06. The third-order valence-electron chi connectivity index (χ3n) is 1.99. The Balaban J connectivity index is 2.65. The minimum atomic E-state index is -3.67. The van der Waals surface area contributed by atoms with E-state index in [2.05, 4.69) is 16.3 Å². The largest absolute Gasteiger partial charge is 0.502 e. The number of aromatic nitrogens is 1. The summed E-state index contributed by atoms with van der Waals surface area (Å²) in [6.45, 7) is 3.95. The van der Waals surface area contributed by atoms with Crippen LogP contribution in [-0.4, -0.2) is 26.6 Å². The van der Waals surface area contributed by atoms with Crippen LogP contribution in [0.4, 0.5) is 0 Å². The number of rotatable bonds is 7. The Morgan fingerprint density at radius 3 is 2.89 bits per heavy atom. The van der Waals surface area contributed by atoms with Gasteiger partial charge in [0, 0.05) is 12.7 Å². The lowest BCUT2D eigenvalue weighted by atomic mass is 10.5. The second kappa shape index (κ2) is 6.58. The molecule has 0 spiro atoms. The molecule has 0 aromatic carbocycles. The molecule has 0 bridgehead atoms. The van der Waals surface area contributed by atoms with E-state index in [1.54, 1.807) is 0 Å². The van der Waals surface area contributed by atoms with E-state index in [0.717, 1.165) is 12.3 Å². The van der Waals surface area contributed by atoms with Crippen LogP contribution in [-0.2, 0) is 14.8 Å². The number of hydrogen-bond donors (Lipinski definition) is 2. The van der Waals surface area contributed by atoms with Crippen molar-refractivity contribution in [1.29, 1.82) is 0 Å². The van der Waals surface area contributed by atoms with Gasteiger partial charge in [0.25, 0.3) is 5.56 Å². The van der Waals surface area contributed by atoms with Gasteiger partial charge in [-0.25, -0.2) is 13.1 Å². The minimum absolute atomic E-state index is 0.0864. The van der Waals surface area contributed by atoms with E-state index in [1.807, 2.05) is 0 Å². The summed E-state index contributed by atoms with van der Waals surface area (Å²) in [7, 11) is -3.67. The summed E-state index contributed by atoms with van der Waals surface area (Å²) < 4.78 is 30.8. The highest BCUT2D eigenvalue weighted by molar-refractivity contribution is 7.89. The van der Waals surface area contributed by atoms with E-state index < -0.39 is 15.6 Å². The Bertz CT molecular complexity index is 567. The number of hydrogen-bond acceptors (Lipinski definition) is 4. The van der Waals surface area contributed by atoms with Crippen molar-refractivity contribution in [2.75, 3.05) is 13.2 Å². The third kappa shape index (κ3) is 4.17. The van der Waals surface area contributed by atoms with Gasteiger partial charge >= 0.3 is 0 Å². The molecule has 0 aliphatic heterocycles. The average Bonchev–Trinajstić information content (AvgIpc) is 2.32. The van der Waals surface area contributed by atoms with Crippen LogP contribution in [0.15, 0.2) is 34.8 Å². The van der Waals surface area contributed by atoms with Crippen LogP contribution in [0.2, 0.25) is 5.02 Å². The Morgan fingerprint density at radius 2 is 2.28 bits per heavy atom. The van der Waals surface area contributed by atoms with Gasteiger partial charge in [-0.15, -0.1) is 0 Å². The number of aromatic amines is 1. The van der Waals surface area contributed by atoms with E-state index in [4.69, 9.17) is 16.3 Å². The average molecular weight is 293 g/mol. The third-order valence-corrected chi connectivity index (χ3v) is 3.71. The first-order chi connectivity index (χ1) is 8.47. The van der Waals surface area contributed by atoms with Gasteiger partial charge in [0.2, 0.25) is 10.0 Å². The minimum Gasteiger partial charge on any atom is -0.502 e. The molecule has 1 rings (SSSR count). The van der Waals surface area contributed by atoms with E-state index in [9.17, 15) is 13.2 Å². The second-order valence-electron chi connectivity index (χ2n) is 3.30. The van der Waals surface area contributed by atoms with E-state index >= 15 is 0 Å². The summed E-state index contributed by atoms with van der Waals surface area (Å²) in [5.41, 5.74) is -0.532. The summed E-state index contributed by atoms with van der Waals surface area (Å²) in [4.78, 5) is 13.2. The molecule has 100 valence electrons.